The Morgan fingerprint density at radius 1 is 1.11 bits per heavy atom. The highest BCUT2D eigenvalue weighted by molar-refractivity contribution is 6.00. The van der Waals surface area contributed by atoms with Crippen LogP contribution in [0.4, 0.5) is 0 Å². The number of morpholine rings is 1. The molecule has 1 aromatic carbocycles. The maximum absolute atomic E-state index is 13.0. The number of fused-ring (bicyclic) bond motifs is 5. The minimum atomic E-state index is -1.02. The first kappa shape index (κ1) is 19.4. The Morgan fingerprint density at radius 3 is 2.36 bits per heavy atom. The van der Waals surface area contributed by atoms with Crippen LogP contribution in [0.2, 0.25) is 0 Å². The lowest BCUT2D eigenvalue weighted by atomic mass is 9.95. The summed E-state index contributed by atoms with van der Waals surface area (Å²) in [7, 11) is 4.47. The summed E-state index contributed by atoms with van der Waals surface area (Å²) in [5.41, 5.74) is 0.620. The molecule has 0 aromatic heterocycles. The van der Waals surface area contributed by atoms with Gasteiger partial charge in [0.1, 0.15) is 30.4 Å². The van der Waals surface area contributed by atoms with E-state index in [9.17, 15) is 9.59 Å². The predicted octanol–water partition coefficient (Wildman–Crippen LogP) is 2.41. The number of nitrogens with zero attached hydrogens (tertiary/aromatic N) is 1. The van der Waals surface area contributed by atoms with E-state index < -0.39 is 17.9 Å². The van der Waals surface area contributed by atoms with Crippen LogP contribution < -0.4 is 0 Å². The van der Waals surface area contributed by atoms with Crippen molar-refractivity contribution < 1.29 is 28.3 Å². The van der Waals surface area contributed by atoms with Gasteiger partial charge in [0.2, 0.25) is 0 Å². The van der Waals surface area contributed by atoms with Gasteiger partial charge < -0.3 is 18.7 Å². The van der Waals surface area contributed by atoms with Crippen molar-refractivity contribution in [2.75, 3.05) is 20.7 Å². The van der Waals surface area contributed by atoms with Crippen molar-refractivity contribution in [1.29, 1.82) is 0 Å². The van der Waals surface area contributed by atoms with E-state index in [0.29, 0.717) is 36.5 Å². The topological polar surface area (TPSA) is 65.1 Å². The lowest BCUT2D eigenvalue weighted by Crippen LogP contribution is -2.60. The van der Waals surface area contributed by atoms with Crippen LogP contribution in [0.15, 0.2) is 30.3 Å². The van der Waals surface area contributed by atoms with Gasteiger partial charge in [0.25, 0.3) is 0 Å². The number of piperidine rings is 1. The van der Waals surface area contributed by atoms with Crippen molar-refractivity contribution in [3.63, 3.8) is 0 Å². The molecule has 0 radical (unpaired) electrons. The maximum Gasteiger partial charge on any atom is 0.325 e. The van der Waals surface area contributed by atoms with Crippen molar-refractivity contribution in [2.45, 2.75) is 68.9 Å². The van der Waals surface area contributed by atoms with E-state index in [2.05, 4.69) is 14.1 Å². The van der Waals surface area contributed by atoms with E-state index in [-0.39, 0.29) is 6.10 Å². The molecule has 2 bridgehead atoms. The molecular formula is C22H30NO5+. The predicted molar refractivity (Wildman–Crippen MR) is 103 cm³/mol. The number of benzene rings is 1. The fourth-order valence-electron chi connectivity index (χ4n) is 4.95. The van der Waals surface area contributed by atoms with E-state index >= 15 is 0 Å². The zero-order chi connectivity index (χ0) is 19.9. The summed E-state index contributed by atoms with van der Waals surface area (Å²) in [6, 6.07) is 9.77. The molecule has 6 heteroatoms. The molecule has 6 nitrogen and oxygen atoms in total. The van der Waals surface area contributed by atoms with E-state index in [0.717, 1.165) is 30.2 Å². The molecule has 6 atom stereocenters. The number of carbonyl (C=O) groups excluding carboxylic acids is 2. The van der Waals surface area contributed by atoms with Crippen LogP contribution in [0, 0.1) is 0 Å². The molecule has 28 heavy (non-hydrogen) atoms. The van der Waals surface area contributed by atoms with Crippen molar-refractivity contribution in [2.24, 2.45) is 0 Å². The van der Waals surface area contributed by atoms with Crippen molar-refractivity contribution in [3.8, 4) is 0 Å². The molecule has 4 rings (SSSR count). The maximum atomic E-state index is 13.0. The summed E-state index contributed by atoms with van der Waals surface area (Å²) in [5.74, 6) is -2.05. The van der Waals surface area contributed by atoms with Crippen molar-refractivity contribution in [3.05, 3.63) is 35.9 Å². The number of likely N-dealkylation sites (N-methyl/N-ethyl adjacent to an activating group) is 1. The molecule has 3 saturated heterocycles. The summed E-state index contributed by atoms with van der Waals surface area (Å²) in [6.45, 7) is 2.36. The molecular weight excluding hydrogens is 358 g/mol. The molecule has 0 saturated carbocycles. The molecule has 0 N–H and O–H groups in total. The van der Waals surface area contributed by atoms with Gasteiger partial charge in [-0.2, -0.15) is 0 Å². The number of ether oxygens (including phenoxy) is 3. The highest BCUT2D eigenvalue weighted by Gasteiger charge is 2.70. The first-order valence-corrected chi connectivity index (χ1v) is 10.3. The van der Waals surface area contributed by atoms with E-state index in [1.165, 1.54) is 0 Å². The molecule has 152 valence electrons. The fourth-order valence-corrected chi connectivity index (χ4v) is 4.95. The molecule has 3 aliphatic heterocycles. The van der Waals surface area contributed by atoms with Gasteiger partial charge in [-0.3, -0.25) is 9.59 Å². The molecule has 3 heterocycles. The summed E-state index contributed by atoms with van der Waals surface area (Å²) < 4.78 is 18.0. The number of esters is 2. The first-order valence-electron chi connectivity index (χ1n) is 10.3. The number of hydrogen-bond donors (Lipinski definition) is 0. The van der Waals surface area contributed by atoms with Gasteiger partial charge in [-0.15, -0.1) is 0 Å². The highest BCUT2D eigenvalue weighted by Crippen LogP contribution is 2.51. The second-order valence-electron chi connectivity index (χ2n) is 8.72. The Bertz CT molecular complexity index is 714. The van der Waals surface area contributed by atoms with Crippen LogP contribution >= 0.6 is 0 Å². The molecule has 1 unspecified atom stereocenters. The molecule has 0 amide bonds. The average Bonchev–Trinajstić information content (AvgIpc) is 3.41. The van der Waals surface area contributed by atoms with E-state index in [4.69, 9.17) is 14.2 Å². The third-order valence-corrected chi connectivity index (χ3v) is 6.67. The van der Waals surface area contributed by atoms with E-state index in [1.807, 2.05) is 25.1 Å². The quantitative estimate of drug-likeness (QED) is 0.236. The Balaban J connectivity index is 1.45. The lowest BCUT2D eigenvalue weighted by molar-refractivity contribution is -0.938. The summed E-state index contributed by atoms with van der Waals surface area (Å²) in [4.78, 5) is 25.7. The van der Waals surface area contributed by atoms with Crippen molar-refractivity contribution in [1.82, 2.24) is 0 Å². The van der Waals surface area contributed by atoms with Crippen LogP contribution in [0.5, 0.6) is 0 Å². The number of hydrogen-bond acceptors (Lipinski definition) is 5. The molecule has 0 spiro atoms. The number of carbonyl (C=O) groups is 2. The van der Waals surface area contributed by atoms with Gasteiger partial charge in [0.05, 0.1) is 20.7 Å². The Labute approximate surface area is 166 Å². The van der Waals surface area contributed by atoms with Crippen LogP contribution in [-0.2, 0) is 23.8 Å². The Kier molecular flexibility index (Phi) is 5.19. The third kappa shape index (κ3) is 3.44. The van der Waals surface area contributed by atoms with Gasteiger partial charge in [0, 0.05) is 12.8 Å². The minimum Gasteiger partial charge on any atom is -0.465 e. The van der Waals surface area contributed by atoms with E-state index in [1.54, 1.807) is 12.1 Å². The monoisotopic (exact) mass is 388 g/mol. The number of unbranched alkanes of at least 4 members (excludes halogenated alkanes) is 1. The molecule has 3 aliphatic rings. The number of quaternary nitrogens is 1. The Morgan fingerprint density at radius 2 is 1.75 bits per heavy atom. The summed E-state index contributed by atoms with van der Waals surface area (Å²) >= 11 is 0. The summed E-state index contributed by atoms with van der Waals surface area (Å²) in [5, 5.41) is 0. The number of epoxide rings is 1. The van der Waals surface area contributed by atoms with Gasteiger partial charge in [-0.05, 0) is 12.0 Å². The van der Waals surface area contributed by atoms with Gasteiger partial charge in [0.15, 0.2) is 5.92 Å². The summed E-state index contributed by atoms with van der Waals surface area (Å²) in [6.07, 6.45) is 3.70. The zero-order valence-electron chi connectivity index (χ0n) is 16.9. The highest BCUT2D eigenvalue weighted by atomic mass is 16.6. The standard InChI is InChI=1S/C22H30NO5/c1-4-5-11-26-21(24)18(14-9-7-6-8-10-14)22(25)27-15-12-16-19-20(28-19)17(13-15)23(16,2)3/h6-10,15-20H,4-5,11-13H2,1-3H3/q+1/t15?,16-,17+,18-,19-,20+/m0/s1. The SMILES string of the molecule is CCCCOC(=O)[C@@H](C(=O)OC1C[C@@H]2[C@H]3O[C@H]3[C@H](C1)[N+]2(C)C)c1ccccc1. The zero-order valence-corrected chi connectivity index (χ0v) is 16.9. The smallest absolute Gasteiger partial charge is 0.325 e. The van der Waals surface area contributed by atoms with Crippen molar-refractivity contribution >= 4 is 11.9 Å². The normalized spacial score (nSPS) is 32.9. The molecule has 1 aromatic rings. The molecule has 3 fully saturated rings. The van der Waals surface area contributed by atoms with Crippen LogP contribution in [0.25, 0.3) is 0 Å². The third-order valence-electron chi connectivity index (χ3n) is 6.67. The van der Waals surface area contributed by atoms with Crippen LogP contribution in [0.3, 0.4) is 0 Å². The first-order chi connectivity index (χ1) is 13.4. The van der Waals surface area contributed by atoms with Crippen LogP contribution in [0.1, 0.15) is 44.1 Å². The largest absolute Gasteiger partial charge is 0.465 e. The number of rotatable bonds is 7. The van der Waals surface area contributed by atoms with Crippen LogP contribution in [-0.4, -0.2) is 67.5 Å². The second-order valence-corrected chi connectivity index (χ2v) is 8.72. The Hall–Kier alpha value is -1.92. The van der Waals surface area contributed by atoms with Gasteiger partial charge in [-0.1, -0.05) is 43.7 Å². The fraction of sp³-hybridized carbons (Fsp3) is 0.636. The lowest BCUT2D eigenvalue weighted by Gasteiger charge is -2.45. The average molecular weight is 388 g/mol. The van der Waals surface area contributed by atoms with Gasteiger partial charge in [-0.25, -0.2) is 0 Å². The minimum absolute atomic E-state index is 0.167. The van der Waals surface area contributed by atoms with Gasteiger partial charge >= 0.3 is 11.9 Å². The molecule has 0 aliphatic carbocycles. The second kappa shape index (κ2) is 7.48.